The van der Waals surface area contributed by atoms with E-state index in [1.165, 1.54) is 56.6 Å². The van der Waals surface area contributed by atoms with Crippen LogP contribution >= 0.6 is 0 Å². The topological polar surface area (TPSA) is 55.4 Å². The summed E-state index contributed by atoms with van der Waals surface area (Å²) in [4.78, 5) is 23.9. The van der Waals surface area contributed by atoms with Crippen LogP contribution in [0, 0.1) is 0 Å². The summed E-state index contributed by atoms with van der Waals surface area (Å²) in [5.74, 6) is -0.610. The SMILES string of the molecule is CCCCCCCCCC=CC=CC=CC=CC=CC=CC(=O)NCCOC(=O)c1ccc(CCCC)cc1. The maximum Gasteiger partial charge on any atom is 0.338 e. The molecule has 0 heterocycles. The normalized spacial score (nSPS) is 12.3. The van der Waals surface area contributed by atoms with E-state index in [4.69, 9.17) is 4.74 Å². The van der Waals surface area contributed by atoms with Gasteiger partial charge < -0.3 is 10.1 Å². The largest absolute Gasteiger partial charge is 0.460 e. The summed E-state index contributed by atoms with van der Waals surface area (Å²) in [6, 6.07) is 7.51. The second-order valence-electron chi connectivity index (χ2n) is 9.46. The van der Waals surface area contributed by atoms with Crippen LogP contribution in [0.3, 0.4) is 0 Å². The van der Waals surface area contributed by atoms with Gasteiger partial charge in [-0.25, -0.2) is 4.79 Å². The van der Waals surface area contributed by atoms with Crippen molar-refractivity contribution in [3.05, 3.63) is 108 Å². The minimum atomic E-state index is -0.378. The predicted octanol–water partition coefficient (Wildman–Crippen LogP) is 8.78. The van der Waals surface area contributed by atoms with Gasteiger partial charge in [0.15, 0.2) is 0 Å². The zero-order valence-electron chi connectivity index (χ0n) is 24.2. The molecule has 1 rings (SSSR count). The average Bonchev–Trinajstić information content (AvgIpc) is 2.95. The first-order valence-electron chi connectivity index (χ1n) is 14.7. The molecular formula is C35H49NO3. The van der Waals surface area contributed by atoms with Gasteiger partial charge in [0.1, 0.15) is 6.61 Å². The number of ether oxygens (including phenoxy) is 1. The number of unbranched alkanes of at least 4 members (excludes halogenated alkanes) is 8. The first kappa shape index (κ1) is 33.6. The second-order valence-corrected chi connectivity index (χ2v) is 9.46. The number of carbonyl (C=O) groups is 2. The van der Waals surface area contributed by atoms with Gasteiger partial charge in [-0.2, -0.15) is 0 Å². The lowest BCUT2D eigenvalue weighted by molar-refractivity contribution is -0.116. The third kappa shape index (κ3) is 20.3. The molecule has 0 aliphatic heterocycles. The van der Waals surface area contributed by atoms with Crippen molar-refractivity contribution in [3.63, 3.8) is 0 Å². The summed E-state index contributed by atoms with van der Waals surface area (Å²) < 4.78 is 5.23. The van der Waals surface area contributed by atoms with Crippen LogP contribution < -0.4 is 5.32 Å². The summed E-state index contributed by atoms with van der Waals surface area (Å²) in [5, 5.41) is 2.70. The highest BCUT2D eigenvalue weighted by molar-refractivity contribution is 5.89. The van der Waals surface area contributed by atoms with Gasteiger partial charge >= 0.3 is 5.97 Å². The van der Waals surface area contributed by atoms with Crippen LogP contribution in [0.2, 0.25) is 0 Å². The molecule has 1 amide bonds. The summed E-state index contributed by atoms with van der Waals surface area (Å²) in [7, 11) is 0. The minimum absolute atomic E-state index is 0.129. The number of benzene rings is 1. The third-order valence-electron chi connectivity index (χ3n) is 6.00. The van der Waals surface area contributed by atoms with Gasteiger partial charge in [0.25, 0.3) is 0 Å². The fourth-order valence-corrected chi connectivity index (χ4v) is 3.70. The molecule has 0 unspecified atom stereocenters. The second kappa shape index (κ2) is 24.9. The van der Waals surface area contributed by atoms with Crippen LogP contribution in [-0.4, -0.2) is 25.0 Å². The summed E-state index contributed by atoms with van der Waals surface area (Å²) in [6.07, 6.45) is 36.8. The monoisotopic (exact) mass is 531 g/mol. The Morgan fingerprint density at radius 3 is 1.90 bits per heavy atom. The summed E-state index contributed by atoms with van der Waals surface area (Å²) in [6.45, 7) is 4.81. The Labute approximate surface area is 237 Å². The van der Waals surface area contributed by atoms with E-state index in [-0.39, 0.29) is 25.0 Å². The number of esters is 1. The Bertz CT molecular complexity index is 949. The molecule has 0 fully saturated rings. The van der Waals surface area contributed by atoms with Crippen LogP contribution in [0.1, 0.15) is 94.0 Å². The molecule has 39 heavy (non-hydrogen) atoms. The highest BCUT2D eigenvalue weighted by Gasteiger charge is 2.07. The molecule has 0 aliphatic carbocycles. The molecular weight excluding hydrogens is 482 g/mol. The molecule has 0 bridgehead atoms. The fourth-order valence-electron chi connectivity index (χ4n) is 3.70. The van der Waals surface area contributed by atoms with Crippen molar-refractivity contribution in [1.29, 1.82) is 0 Å². The van der Waals surface area contributed by atoms with Crippen LogP contribution in [0.4, 0.5) is 0 Å². The first-order valence-corrected chi connectivity index (χ1v) is 14.7. The first-order chi connectivity index (χ1) is 19.2. The van der Waals surface area contributed by atoms with E-state index in [9.17, 15) is 9.59 Å². The van der Waals surface area contributed by atoms with Crippen molar-refractivity contribution in [1.82, 2.24) is 5.32 Å². The van der Waals surface area contributed by atoms with E-state index in [1.54, 1.807) is 24.3 Å². The number of rotatable bonds is 21. The number of allylic oxidation sites excluding steroid dienone is 11. The molecule has 0 saturated carbocycles. The van der Waals surface area contributed by atoms with Crippen molar-refractivity contribution >= 4 is 11.9 Å². The van der Waals surface area contributed by atoms with Crippen LogP contribution in [-0.2, 0) is 16.0 Å². The number of carbonyl (C=O) groups excluding carboxylic acids is 2. The van der Waals surface area contributed by atoms with Crippen molar-refractivity contribution < 1.29 is 14.3 Å². The molecule has 0 spiro atoms. The summed E-state index contributed by atoms with van der Waals surface area (Å²) in [5.41, 5.74) is 1.74. The van der Waals surface area contributed by atoms with E-state index in [1.807, 2.05) is 48.6 Å². The van der Waals surface area contributed by atoms with Gasteiger partial charge in [-0.3, -0.25) is 4.79 Å². The zero-order valence-corrected chi connectivity index (χ0v) is 24.2. The molecule has 4 heteroatoms. The smallest absolute Gasteiger partial charge is 0.338 e. The average molecular weight is 532 g/mol. The van der Waals surface area contributed by atoms with Crippen LogP contribution in [0.25, 0.3) is 0 Å². The van der Waals surface area contributed by atoms with Crippen molar-refractivity contribution in [3.8, 4) is 0 Å². The minimum Gasteiger partial charge on any atom is -0.460 e. The Morgan fingerprint density at radius 2 is 1.26 bits per heavy atom. The Morgan fingerprint density at radius 1 is 0.692 bits per heavy atom. The van der Waals surface area contributed by atoms with Crippen molar-refractivity contribution in [2.45, 2.75) is 84.5 Å². The Balaban J connectivity index is 2.09. The highest BCUT2D eigenvalue weighted by atomic mass is 16.5. The molecule has 4 nitrogen and oxygen atoms in total. The number of hydrogen-bond acceptors (Lipinski definition) is 3. The molecule has 1 N–H and O–H groups in total. The maximum atomic E-state index is 12.1. The van der Waals surface area contributed by atoms with E-state index >= 15 is 0 Å². The molecule has 0 saturated heterocycles. The lowest BCUT2D eigenvalue weighted by Gasteiger charge is -2.06. The van der Waals surface area contributed by atoms with E-state index in [2.05, 4.69) is 37.4 Å². The van der Waals surface area contributed by atoms with Crippen molar-refractivity contribution in [2.75, 3.05) is 13.2 Å². The molecule has 0 aliphatic rings. The fraction of sp³-hybridized carbons (Fsp3) is 0.429. The summed E-state index contributed by atoms with van der Waals surface area (Å²) >= 11 is 0. The van der Waals surface area contributed by atoms with Gasteiger partial charge in [0.2, 0.25) is 5.91 Å². The molecule has 212 valence electrons. The van der Waals surface area contributed by atoms with Gasteiger partial charge in [-0.15, -0.1) is 0 Å². The van der Waals surface area contributed by atoms with E-state index in [0.717, 1.165) is 25.7 Å². The zero-order chi connectivity index (χ0) is 28.2. The lowest BCUT2D eigenvalue weighted by Crippen LogP contribution is -2.26. The van der Waals surface area contributed by atoms with Gasteiger partial charge in [0.05, 0.1) is 12.1 Å². The maximum absolute atomic E-state index is 12.1. The van der Waals surface area contributed by atoms with E-state index < -0.39 is 0 Å². The Kier molecular flexibility index (Phi) is 21.5. The molecule has 0 atom stereocenters. The molecule has 1 aromatic carbocycles. The number of nitrogens with one attached hydrogen (secondary N) is 1. The predicted molar refractivity (Wildman–Crippen MR) is 166 cm³/mol. The van der Waals surface area contributed by atoms with Crippen LogP contribution in [0.15, 0.2) is 97.2 Å². The number of amides is 1. The standard InChI is InChI=1S/C35H49NO3/c1-3-5-7-8-9-10-11-12-13-14-15-16-17-18-19-20-21-22-23-25-34(37)36-30-31-39-35(38)33-28-26-32(27-29-33)24-6-4-2/h13-23,25-29H,3-12,24,30-31H2,1-2H3,(H,36,37). The quantitative estimate of drug-likeness (QED) is 0.0746. The van der Waals surface area contributed by atoms with Gasteiger partial charge in [-0.05, 0) is 43.4 Å². The molecule has 0 radical (unpaired) electrons. The Hall–Kier alpha value is -3.40. The van der Waals surface area contributed by atoms with Gasteiger partial charge in [-0.1, -0.05) is 138 Å². The van der Waals surface area contributed by atoms with Crippen LogP contribution in [0.5, 0.6) is 0 Å². The third-order valence-corrected chi connectivity index (χ3v) is 6.00. The van der Waals surface area contributed by atoms with E-state index in [0.29, 0.717) is 5.56 Å². The van der Waals surface area contributed by atoms with Crippen molar-refractivity contribution in [2.24, 2.45) is 0 Å². The lowest BCUT2D eigenvalue weighted by atomic mass is 10.1. The number of hydrogen-bond donors (Lipinski definition) is 1. The molecule has 1 aromatic rings. The highest BCUT2D eigenvalue weighted by Crippen LogP contribution is 2.10. The van der Waals surface area contributed by atoms with Gasteiger partial charge in [0, 0.05) is 6.08 Å². The molecule has 0 aromatic heterocycles. The number of aryl methyl sites for hydroxylation is 1.